The number of nitrogens with zero attached hydrogens (tertiary/aromatic N) is 2. The van der Waals surface area contributed by atoms with E-state index in [-0.39, 0.29) is 6.04 Å². The fourth-order valence-corrected chi connectivity index (χ4v) is 2.17. The van der Waals surface area contributed by atoms with E-state index < -0.39 is 0 Å². The van der Waals surface area contributed by atoms with Crippen LogP contribution in [0.5, 0.6) is 0 Å². The van der Waals surface area contributed by atoms with Crippen molar-refractivity contribution in [2.24, 2.45) is 0 Å². The molecule has 0 saturated heterocycles. The van der Waals surface area contributed by atoms with Gasteiger partial charge in [0.25, 0.3) is 0 Å². The van der Waals surface area contributed by atoms with Crippen LogP contribution >= 0.6 is 22.6 Å². The van der Waals surface area contributed by atoms with Gasteiger partial charge in [0.15, 0.2) is 0 Å². The summed E-state index contributed by atoms with van der Waals surface area (Å²) < 4.78 is 6.96. The van der Waals surface area contributed by atoms with E-state index in [1.165, 1.54) is 3.57 Å². The molecule has 5 heteroatoms. The zero-order valence-corrected chi connectivity index (χ0v) is 13.3. The van der Waals surface area contributed by atoms with Crippen molar-refractivity contribution in [3.63, 3.8) is 0 Å². The van der Waals surface area contributed by atoms with E-state index in [9.17, 15) is 0 Å². The smallest absolute Gasteiger partial charge is 0.247 e. The first kappa shape index (κ1) is 14.5. The topological polar surface area (TPSA) is 51.0 Å². The number of hydrogen-bond acceptors (Lipinski definition) is 4. The Morgan fingerprint density at radius 3 is 2.58 bits per heavy atom. The molecule has 1 aromatic carbocycles. The van der Waals surface area contributed by atoms with Crippen LogP contribution in [0.1, 0.15) is 38.6 Å². The molecule has 1 unspecified atom stereocenters. The molecular weight excluding hydrogens is 353 g/mol. The first-order chi connectivity index (χ1) is 9.24. The van der Waals surface area contributed by atoms with Crippen molar-refractivity contribution in [3.8, 4) is 11.5 Å². The van der Waals surface area contributed by atoms with Gasteiger partial charge in [-0.05, 0) is 66.2 Å². The summed E-state index contributed by atoms with van der Waals surface area (Å²) in [6, 6.07) is 8.21. The van der Waals surface area contributed by atoms with Crippen LogP contribution in [0.15, 0.2) is 28.7 Å². The van der Waals surface area contributed by atoms with Gasteiger partial charge in [-0.2, -0.15) is 0 Å². The second kappa shape index (κ2) is 7.00. The molecule has 19 heavy (non-hydrogen) atoms. The summed E-state index contributed by atoms with van der Waals surface area (Å²) in [5.41, 5.74) is 0.963. The highest BCUT2D eigenvalue weighted by Crippen LogP contribution is 2.22. The standard InChI is InChI=1S/C14H18IN3O/c1-3-9-16-12(4-2)14-18-17-13(19-14)10-5-7-11(15)8-6-10/h5-8,12,16H,3-4,9H2,1-2H3. The molecule has 1 N–H and O–H groups in total. The van der Waals surface area contributed by atoms with Crippen LogP contribution in [0.25, 0.3) is 11.5 Å². The summed E-state index contributed by atoms with van der Waals surface area (Å²) >= 11 is 2.28. The highest BCUT2D eigenvalue weighted by molar-refractivity contribution is 14.1. The molecule has 102 valence electrons. The SMILES string of the molecule is CCCNC(CC)c1nnc(-c2ccc(I)cc2)o1. The number of halogens is 1. The lowest BCUT2D eigenvalue weighted by molar-refractivity contribution is 0.396. The van der Waals surface area contributed by atoms with Gasteiger partial charge in [0.05, 0.1) is 6.04 Å². The van der Waals surface area contributed by atoms with E-state index in [1.807, 2.05) is 24.3 Å². The van der Waals surface area contributed by atoms with Gasteiger partial charge in [0.1, 0.15) is 0 Å². The second-order valence-electron chi connectivity index (χ2n) is 4.37. The third-order valence-corrected chi connectivity index (χ3v) is 3.60. The molecule has 0 aliphatic rings. The van der Waals surface area contributed by atoms with E-state index >= 15 is 0 Å². The van der Waals surface area contributed by atoms with Crippen molar-refractivity contribution in [3.05, 3.63) is 33.7 Å². The number of benzene rings is 1. The van der Waals surface area contributed by atoms with Gasteiger partial charge in [-0.1, -0.05) is 13.8 Å². The molecule has 4 nitrogen and oxygen atoms in total. The van der Waals surface area contributed by atoms with Gasteiger partial charge >= 0.3 is 0 Å². The second-order valence-corrected chi connectivity index (χ2v) is 5.61. The summed E-state index contributed by atoms with van der Waals surface area (Å²) in [6.07, 6.45) is 2.03. The molecule has 1 heterocycles. The van der Waals surface area contributed by atoms with Crippen LogP contribution < -0.4 is 5.32 Å². The lowest BCUT2D eigenvalue weighted by Crippen LogP contribution is -2.21. The van der Waals surface area contributed by atoms with E-state index in [1.54, 1.807) is 0 Å². The molecule has 2 rings (SSSR count). The molecule has 2 aromatic rings. The molecule has 0 spiro atoms. The average molecular weight is 371 g/mol. The van der Waals surface area contributed by atoms with Crippen LogP contribution in [-0.4, -0.2) is 16.7 Å². The number of nitrogens with one attached hydrogen (secondary N) is 1. The molecular formula is C14H18IN3O. The lowest BCUT2D eigenvalue weighted by atomic mass is 10.2. The zero-order valence-electron chi connectivity index (χ0n) is 11.2. The van der Waals surface area contributed by atoms with Gasteiger partial charge in [-0.25, -0.2) is 0 Å². The first-order valence-corrected chi connectivity index (χ1v) is 7.65. The maximum Gasteiger partial charge on any atom is 0.247 e. The summed E-state index contributed by atoms with van der Waals surface area (Å²) in [7, 11) is 0. The van der Waals surface area contributed by atoms with Crippen LogP contribution in [0.2, 0.25) is 0 Å². The molecule has 0 radical (unpaired) electrons. The van der Waals surface area contributed by atoms with Gasteiger partial charge in [-0.3, -0.25) is 0 Å². The largest absolute Gasteiger partial charge is 0.419 e. The van der Waals surface area contributed by atoms with Crippen molar-refractivity contribution >= 4 is 22.6 Å². The summed E-state index contributed by atoms with van der Waals surface area (Å²) in [6.45, 7) is 5.21. The van der Waals surface area contributed by atoms with Crippen LogP contribution in [0.4, 0.5) is 0 Å². The van der Waals surface area contributed by atoms with Gasteiger partial charge in [0, 0.05) is 9.13 Å². The fourth-order valence-electron chi connectivity index (χ4n) is 1.81. The third-order valence-electron chi connectivity index (χ3n) is 2.88. The predicted octanol–water partition coefficient (Wildman–Crippen LogP) is 3.79. The van der Waals surface area contributed by atoms with Crippen molar-refractivity contribution in [1.82, 2.24) is 15.5 Å². The monoisotopic (exact) mass is 371 g/mol. The van der Waals surface area contributed by atoms with E-state index in [0.717, 1.165) is 24.9 Å². The Balaban J connectivity index is 2.15. The van der Waals surface area contributed by atoms with Crippen LogP contribution in [0, 0.1) is 3.57 Å². The maximum atomic E-state index is 5.77. The van der Waals surface area contributed by atoms with Crippen molar-refractivity contribution in [1.29, 1.82) is 0 Å². The highest BCUT2D eigenvalue weighted by atomic mass is 127. The van der Waals surface area contributed by atoms with Gasteiger partial charge in [-0.15, -0.1) is 10.2 Å². The number of rotatable bonds is 6. The Hall–Kier alpha value is -0.950. The fraction of sp³-hybridized carbons (Fsp3) is 0.429. The van der Waals surface area contributed by atoms with Crippen molar-refractivity contribution in [2.75, 3.05) is 6.54 Å². The lowest BCUT2D eigenvalue weighted by Gasteiger charge is -2.11. The Morgan fingerprint density at radius 1 is 1.21 bits per heavy atom. The molecule has 0 saturated carbocycles. The molecule has 0 aliphatic carbocycles. The minimum absolute atomic E-state index is 0.144. The summed E-state index contributed by atoms with van der Waals surface area (Å²) in [5, 5.41) is 11.7. The number of aromatic nitrogens is 2. The van der Waals surface area contributed by atoms with Gasteiger partial charge < -0.3 is 9.73 Å². The van der Waals surface area contributed by atoms with Crippen LogP contribution in [0.3, 0.4) is 0 Å². The maximum absolute atomic E-state index is 5.77. The van der Waals surface area contributed by atoms with E-state index in [0.29, 0.717) is 11.8 Å². The molecule has 0 bridgehead atoms. The Labute approximate surface area is 127 Å². The van der Waals surface area contributed by atoms with Crippen LogP contribution in [-0.2, 0) is 0 Å². The molecule has 1 aromatic heterocycles. The Morgan fingerprint density at radius 2 is 1.95 bits per heavy atom. The zero-order chi connectivity index (χ0) is 13.7. The normalized spacial score (nSPS) is 12.6. The minimum Gasteiger partial charge on any atom is -0.419 e. The van der Waals surface area contributed by atoms with Crippen molar-refractivity contribution < 1.29 is 4.42 Å². The molecule has 0 amide bonds. The third kappa shape index (κ3) is 3.76. The van der Waals surface area contributed by atoms with E-state index in [4.69, 9.17) is 4.42 Å². The molecule has 0 fully saturated rings. The quantitative estimate of drug-likeness (QED) is 0.785. The molecule has 1 atom stereocenters. The Kier molecular flexibility index (Phi) is 5.33. The highest BCUT2D eigenvalue weighted by Gasteiger charge is 2.16. The first-order valence-electron chi connectivity index (χ1n) is 6.57. The van der Waals surface area contributed by atoms with Gasteiger partial charge in [0.2, 0.25) is 11.8 Å². The average Bonchev–Trinajstić information content (AvgIpc) is 2.90. The summed E-state index contributed by atoms with van der Waals surface area (Å²) in [4.78, 5) is 0. The van der Waals surface area contributed by atoms with Crippen molar-refractivity contribution in [2.45, 2.75) is 32.7 Å². The van der Waals surface area contributed by atoms with E-state index in [2.05, 4.69) is 52.0 Å². The summed E-state index contributed by atoms with van der Waals surface area (Å²) in [5.74, 6) is 1.26. The Bertz CT molecular complexity index is 510. The molecule has 0 aliphatic heterocycles. The minimum atomic E-state index is 0.144. The number of hydrogen-bond donors (Lipinski definition) is 1. The predicted molar refractivity (Wildman–Crippen MR) is 83.8 cm³/mol.